The number of likely N-dealkylation sites (tertiary alicyclic amines) is 1. The Labute approximate surface area is 78.7 Å². The second-order valence-corrected chi connectivity index (χ2v) is 3.57. The number of rotatable bonds is 4. The van der Waals surface area contributed by atoms with Crippen molar-refractivity contribution in [3.05, 3.63) is 0 Å². The molecule has 1 heterocycles. The Morgan fingerprint density at radius 3 is 2.85 bits per heavy atom. The Hall–Kier alpha value is -0.610. The summed E-state index contributed by atoms with van der Waals surface area (Å²) in [5.41, 5.74) is 4.82. The van der Waals surface area contributed by atoms with Gasteiger partial charge in [0.2, 0.25) is 0 Å². The van der Waals surface area contributed by atoms with Crippen LogP contribution in [0.2, 0.25) is 0 Å². The summed E-state index contributed by atoms with van der Waals surface area (Å²) in [6, 6.07) is 0. The van der Waals surface area contributed by atoms with Crippen LogP contribution in [0.25, 0.3) is 0 Å². The van der Waals surface area contributed by atoms with Crippen molar-refractivity contribution < 1.29 is 9.90 Å². The van der Waals surface area contributed by atoms with E-state index in [9.17, 15) is 9.90 Å². The number of hydrogen-bond donors (Lipinski definition) is 2. The van der Waals surface area contributed by atoms with Gasteiger partial charge in [0.05, 0.1) is 0 Å². The third-order valence-electron chi connectivity index (χ3n) is 3.01. The van der Waals surface area contributed by atoms with Crippen LogP contribution in [-0.4, -0.2) is 41.1 Å². The van der Waals surface area contributed by atoms with E-state index in [1.54, 1.807) is 0 Å². The van der Waals surface area contributed by atoms with E-state index in [0.29, 0.717) is 19.5 Å². The summed E-state index contributed by atoms with van der Waals surface area (Å²) in [7, 11) is 0. The Balaban J connectivity index is 2.77. The summed E-state index contributed by atoms with van der Waals surface area (Å²) >= 11 is 0. The third-order valence-corrected chi connectivity index (χ3v) is 3.01. The summed E-state index contributed by atoms with van der Waals surface area (Å²) < 4.78 is 0. The van der Waals surface area contributed by atoms with Crippen LogP contribution < -0.4 is 5.73 Å². The maximum Gasteiger partial charge on any atom is 0.324 e. The van der Waals surface area contributed by atoms with Gasteiger partial charge in [-0.1, -0.05) is 6.92 Å². The SMILES string of the molecule is CCC1(C(=O)O)CCCN1CCN. The summed E-state index contributed by atoms with van der Waals surface area (Å²) in [5.74, 6) is -0.694. The molecule has 1 atom stereocenters. The lowest BCUT2D eigenvalue weighted by Gasteiger charge is -2.33. The molecule has 0 aromatic rings. The predicted octanol–water partition coefficient (Wildman–Crippen LogP) is 0.274. The van der Waals surface area contributed by atoms with Gasteiger partial charge >= 0.3 is 5.97 Å². The van der Waals surface area contributed by atoms with Crippen LogP contribution in [0.15, 0.2) is 0 Å². The highest BCUT2D eigenvalue weighted by Gasteiger charge is 2.45. The lowest BCUT2D eigenvalue weighted by molar-refractivity contribution is -0.149. The van der Waals surface area contributed by atoms with E-state index in [1.807, 2.05) is 11.8 Å². The second-order valence-electron chi connectivity index (χ2n) is 3.57. The molecular formula is C9H18N2O2. The lowest BCUT2D eigenvalue weighted by Crippen LogP contribution is -2.51. The van der Waals surface area contributed by atoms with Crippen LogP contribution in [0.1, 0.15) is 26.2 Å². The van der Waals surface area contributed by atoms with Crippen molar-refractivity contribution >= 4 is 5.97 Å². The van der Waals surface area contributed by atoms with E-state index < -0.39 is 11.5 Å². The van der Waals surface area contributed by atoms with Crippen LogP contribution in [-0.2, 0) is 4.79 Å². The van der Waals surface area contributed by atoms with Gasteiger partial charge in [-0.15, -0.1) is 0 Å². The first-order valence-corrected chi connectivity index (χ1v) is 4.86. The highest BCUT2D eigenvalue weighted by Crippen LogP contribution is 2.32. The maximum atomic E-state index is 11.2. The van der Waals surface area contributed by atoms with Gasteiger partial charge < -0.3 is 10.8 Å². The average Bonchev–Trinajstić information content (AvgIpc) is 2.49. The number of carboxylic acid groups (broad SMARTS) is 1. The number of aliphatic carboxylic acids is 1. The van der Waals surface area contributed by atoms with E-state index >= 15 is 0 Å². The van der Waals surface area contributed by atoms with Crippen molar-refractivity contribution in [3.8, 4) is 0 Å². The van der Waals surface area contributed by atoms with Gasteiger partial charge in [0.1, 0.15) is 5.54 Å². The monoisotopic (exact) mass is 186 g/mol. The van der Waals surface area contributed by atoms with Gasteiger partial charge in [0.15, 0.2) is 0 Å². The van der Waals surface area contributed by atoms with Crippen LogP contribution in [0.4, 0.5) is 0 Å². The molecule has 1 aliphatic rings. The Morgan fingerprint density at radius 2 is 2.38 bits per heavy atom. The quantitative estimate of drug-likeness (QED) is 0.661. The molecule has 4 nitrogen and oxygen atoms in total. The third kappa shape index (κ3) is 1.69. The second kappa shape index (κ2) is 4.07. The molecule has 0 aromatic heterocycles. The lowest BCUT2D eigenvalue weighted by atomic mass is 9.93. The maximum absolute atomic E-state index is 11.2. The molecule has 1 aliphatic heterocycles. The van der Waals surface area contributed by atoms with Gasteiger partial charge in [-0.2, -0.15) is 0 Å². The van der Waals surface area contributed by atoms with Gasteiger partial charge in [0, 0.05) is 13.1 Å². The minimum atomic E-state index is -0.694. The van der Waals surface area contributed by atoms with E-state index in [1.165, 1.54) is 0 Å². The highest BCUT2D eigenvalue weighted by atomic mass is 16.4. The minimum absolute atomic E-state index is 0.537. The van der Waals surface area contributed by atoms with Crippen LogP contribution in [0.3, 0.4) is 0 Å². The molecule has 0 amide bonds. The van der Waals surface area contributed by atoms with Crippen molar-refractivity contribution in [1.29, 1.82) is 0 Å². The van der Waals surface area contributed by atoms with Crippen LogP contribution in [0, 0.1) is 0 Å². The summed E-state index contributed by atoms with van der Waals surface area (Å²) in [5, 5.41) is 9.18. The normalized spacial score (nSPS) is 29.4. The fraction of sp³-hybridized carbons (Fsp3) is 0.889. The smallest absolute Gasteiger partial charge is 0.324 e. The number of nitrogens with two attached hydrogens (primary N) is 1. The number of hydrogen-bond acceptors (Lipinski definition) is 3. The first-order chi connectivity index (χ1) is 6.17. The van der Waals surface area contributed by atoms with Crippen LogP contribution in [0.5, 0.6) is 0 Å². The Kier molecular flexibility index (Phi) is 3.27. The largest absolute Gasteiger partial charge is 0.480 e. The van der Waals surface area contributed by atoms with E-state index in [2.05, 4.69) is 0 Å². The molecule has 1 fully saturated rings. The van der Waals surface area contributed by atoms with Gasteiger partial charge in [-0.3, -0.25) is 9.69 Å². The molecule has 13 heavy (non-hydrogen) atoms. The minimum Gasteiger partial charge on any atom is -0.480 e. The number of carboxylic acids is 1. The molecule has 0 aliphatic carbocycles. The molecule has 3 N–H and O–H groups in total. The summed E-state index contributed by atoms with van der Waals surface area (Å²) in [4.78, 5) is 13.2. The van der Waals surface area contributed by atoms with Gasteiger partial charge in [0.25, 0.3) is 0 Å². The Bertz CT molecular complexity index is 196. The molecule has 1 saturated heterocycles. The molecule has 1 unspecified atom stereocenters. The number of nitrogens with zero attached hydrogens (tertiary/aromatic N) is 1. The van der Waals surface area contributed by atoms with Crippen LogP contribution >= 0.6 is 0 Å². The molecule has 0 saturated carbocycles. The topological polar surface area (TPSA) is 66.6 Å². The first-order valence-electron chi connectivity index (χ1n) is 4.86. The zero-order valence-electron chi connectivity index (χ0n) is 8.12. The van der Waals surface area contributed by atoms with Crippen molar-refractivity contribution in [2.24, 2.45) is 5.73 Å². The fourth-order valence-electron chi connectivity index (χ4n) is 2.21. The molecular weight excluding hydrogens is 168 g/mol. The first kappa shape index (κ1) is 10.5. The van der Waals surface area contributed by atoms with Gasteiger partial charge in [-0.25, -0.2) is 0 Å². The number of carbonyl (C=O) groups is 1. The average molecular weight is 186 g/mol. The van der Waals surface area contributed by atoms with Gasteiger partial charge in [-0.05, 0) is 25.8 Å². The van der Waals surface area contributed by atoms with E-state index in [0.717, 1.165) is 19.4 Å². The van der Waals surface area contributed by atoms with Crippen molar-refractivity contribution in [1.82, 2.24) is 4.90 Å². The summed E-state index contributed by atoms with van der Waals surface area (Å²) in [6.45, 7) is 4.04. The molecule has 0 radical (unpaired) electrons. The molecule has 4 heteroatoms. The van der Waals surface area contributed by atoms with E-state index in [4.69, 9.17) is 5.73 Å². The molecule has 0 bridgehead atoms. The van der Waals surface area contributed by atoms with E-state index in [-0.39, 0.29) is 0 Å². The molecule has 1 rings (SSSR count). The van der Waals surface area contributed by atoms with Crippen molar-refractivity contribution in [2.45, 2.75) is 31.7 Å². The summed E-state index contributed by atoms with van der Waals surface area (Å²) in [6.07, 6.45) is 2.40. The van der Waals surface area contributed by atoms with Crippen molar-refractivity contribution in [2.75, 3.05) is 19.6 Å². The zero-order chi connectivity index (χ0) is 9.90. The zero-order valence-corrected chi connectivity index (χ0v) is 8.12. The predicted molar refractivity (Wildman–Crippen MR) is 50.5 cm³/mol. The molecule has 0 spiro atoms. The molecule has 76 valence electrons. The highest BCUT2D eigenvalue weighted by molar-refractivity contribution is 5.79. The Morgan fingerprint density at radius 1 is 1.69 bits per heavy atom. The molecule has 0 aromatic carbocycles. The fourth-order valence-corrected chi connectivity index (χ4v) is 2.21. The standard InChI is InChI=1S/C9H18N2O2/c1-2-9(8(12)13)4-3-6-11(9)7-5-10/h2-7,10H2,1H3,(H,12,13). The van der Waals surface area contributed by atoms with Crippen molar-refractivity contribution in [3.63, 3.8) is 0 Å².